The number of allylic oxidation sites excluding steroid dienone is 2. The average Bonchev–Trinajstić information content (AvgIpc) is 3.16. The maximum Gasteiger partial charge on any atom is 0.231 e. The molecule has 0 saturated heterocycles. The Morgan fingerprint density at radius 2 is 1.26 bits per heavy atom. The molecule has 0 spiro atoms. The molecule has 134 valence electrons. The van der Waals surface area contributed by atoms with Gasteiger partial charge in [-0.05, 0) is 64.2 Å². The third-order valence-electron chi connectivity index (χ3n) is 4.42. The lowest BCUT2D eigenvalue weighted by atomic mass is 9.89. The van der Waals surface area contributed by atoms with Gasteiger partial charge in [0, 0.05) is 10.0 Å². The van der Waals surface area contributed by atoms with E-state index in [0.29, 0.717) is 10.0 Å². The van der Waals surface area contributed by atoms with Gasteiger partial charge in [0.1, 0.15) is 0 Å². The van der Waals surface area contributed by atoms with E-state index in [0.717, 1.165) is 39.3 Å². The van der Waals surface area contributed by atoms with Crippen LogP contribution in [0, 0.1) is 0 Å². The second kappa shape index (κ2) is 7.51. The summed E-state index contributed by atoms with van der Waals surface area (Å²) in [5.74, 6) is 1.49. The summed E-state index contributed by atoms with van der Waals surface area (Å²) in [6.07, 6.45) is 1.86. The smallest absolute Gasteiger partial charge is 0.231 e. The number of hydrogen-bond acceptors (Lipinski definition) is 2. The Hall–Kier alpha value is -2.68. The van der Waals surface area contributed by atoms with Gasteiger partial charge in [-0.1, -0.05) is 66.2 Å². The molecule has 3 aromatic carbocycles. The predicted molar refractivity (Wildman–Crippen MR) is 112 cm³/mol. The number of halogens is 2. The highest BCUT2D eigenvalue weighted by atomic mass is 35.5. The number of fused-ring (bicyclic) bond motifs is 1. The van der Waals surface area contributed by atoms with Crippen LogP contribution in [0.25, 0.3) is 11.1 Å². The molecule has 0 N–H and O–H groups in total. The monoisotopic (exact) mass is 394 g/mol. The fraction of sp³-hybridized carbons (Fsp3) is 0.0435. The zero-order chi connectivity index (χ0) is 18.8. The van der Waals surface area contributed by atoms with E-state index in [-0.39, 0.29) is 6.79 Å². The van der Waals surface area contributed by atoms with Crippen molar-refractivity contribution in [2.45, 2.75) is 0 Å². The Balaban J connectivity index is 1.95. The molecule has 0 aliphatic carbocycles. The van der Waals surface area contributed by atoms with Gasteiger partial charge in [0.15, 0.2) is 11.5 Å². The molecule has 0 radical (unpaired) electrons. The SMILES string of the molecule is C=CC(=C(c1ccc(Cl)cc1)c1ccc(Cl)cc1)c1ccc2c(c1)OCO2. The molecule has 1 heterocycles. The van der Waals surface area contributed by atoms with Gasteiger partial charge in [0.25, 0.3) is 0 Å². The van der Waals surface area contributed by atoms with E-state index in [2.05, 4.69) is 6.58 Å². The van der Waals surface area contributed by atoms with E-state index >= 15 is 0 Å². The van der Waals surface area contributed by atoms with Crippen LogP contribution in [-0.4, -0.2) is 6.79 Å². The van der Waals surface area contributed by atoms with Crippen LogP contribution in [0.2, 0.25) is 10.0 Å². The molecule has 1 aliphatic heterocycles. The van der Waals surface area contributed by atoms with Crippen LogP contribution in [-0.2, 0) is 0 Å². The lowest BCUT2D eigenvalue weighted by Gasteiger charge is -2.15. The van der Waals surface area contributed by atoms with E-state index in [1.54, 1.807) is 0 Å². The number of rotatable bonds is 4. The molecular weight excluding hydrogens is 379 g/mol. The maximum absolute atomic E-state index is 6.09. The first-order valence-corrected chi connectivity index (χ1v) is 9.20. The molecule has 2 nitrogen and oxygen atoms in total. The Kier molecular flexibility index (Phi) is 4.93. The first kappa shape index (κ1) is 17.7. The van der Waals surface area contributed by atoms with Gasteiger partial charge in [-0.3, -0.25) is 0 Å². The van der Waals surface area contributed by atoms with Gasteiger partial charge in [0.2, 0.25) is 6.79 Å². The minimum Gasteiger partial charge on any atom is -0.454 e. The van der Waals surface area contributed by atoms with Crippen LogP contribution in [0.4, 0.5) is 0 Å². The molecule has 4 heteroatoms. The number of hydrogen-bond donors (Lipinski definition) is 0. The molecule has 4 rings (SSSR count). The third-order valence-corrected chi connectivity index (χ3v) is 4.93. The molecule has 0 fully saturated rings. The van der Waals surface area contributed by atoms with Gasteiger partial charge in [-0.2, -0.15) is 0 Å². The minimum atomic E-state index is 0.243. The Bertz CT molecular complexity index is 972. The molecule has 3 aromatic rings. The fourth-order valence-electron chi connectivity index (χ4n) is 3.14. The van der Waals surface area contributed by atoms with Gasteiger partial charge in [-0.25, -0.2) is 0 Å². The van der Waals surface area contributed by atoms with Gasteiger partial charge >= 0.3 is 0 Å². The van der Waals surface area contributed by atoms with E-state index in [4.69, 9.17) is 32.7 Å². The van der Waals surface area contributed by atoms with Crippen LogP contribution in [0.15, 0.2) is 79.4 Å². The van der Waals surface area contributed by atoms with Gasteiger partial charge in [0.05, 0.1) is 0 Å². The molecular formula is C23H16Cl2O2. The number of ether oxygens (including phenoxy) is 2. The van der Waals surface area contributed by atoms with Crippen molar-refractivity contribution in [2.75, 3.05) is 6.79 Å². The lowest BCUT2D eigenvalue weighted by Crippen LogP contribution is -1.94. The highest BCUT2D eigenvalue weighted by Gasteiger charge is 2.17. The highest BCUT2D eigenvalue weighted by Crippen LogP contribution is 2.39. The van der Waals surface area contributed by atoms with Crippen molar-refractivity contribution >= 4 is 34.3 Å². The lowest BCUT2D eigenvalue weighted by molar-refractivity contribution is 0.174. The van der Waals surface area contributed by atoms with E-state index < -0.39 is 0 Å². The molecule has 0 unspecified atom stereocenters. The summed E-state index contributed by atoms with van der Waals surface area (Å²) in [4.78, 5) is 0. The Morgan fingerprint density at radius 3 is 1.81 bits per heavy atom. The summed E-state index contributed by atoms with van der Waals surface area (Å²) in [6, 6.07) is 21.4. The predicted octanol–water partition coefficient (Wildman–Crippen LogP) is 6.87. The summed E-state index contributed by atoms with van der Waals surface area (Å²) in [5, 5.41) is 1.38. The largest absolute Gasteiger partial charge is 0.454 e. The molecule has 0 atom stereocenters. The van der Waals surface area contributed by atoms with Gasteiger partial charge < -0.3 is 9.47 Å². The van der Waals surface area contributed by atoms with Crippen LogP contribution < -0.4 is 9.47 Å². The molecule has 0 saturated carbocycles. The Labute approximate surface area is 168 Å². The van der Waals surface area contributed by atoms with Crippen molar-refractivity contribution in [1.82, 2.24) is 0 Å². The first-order valence-electron chi connectivity index (χ1n) is 8.44. The van der Waals surface area contributed by atoms with Gasteiger partial charge in [-0.15, -0.1) is 0 Å². The van der Waals surface area contributed by atoms with E-state index in [1.807, 2.05) is 72.8 Å². The normalized spacial score (nSPS) is 11.9. The van der Waals surface area contributed by atoms with Crippen molar-refractivity contribution in [3.8, 4) is 11.5 Å². The molecule has 0 aromatic heterocycles. The Morgan fingerprint density at radius 1 is 0.741 bits per heavy atom. The van der Waals surface area contributed by atoms with Crippen molar-refractivity contribution in [1.29, 1.82) is 0 Å². The van der Waals surface area contributed by atoms with Crippen LogP contribution in [0.5, 0.6) is 11.5 Å². The average molecular weight is 395 g/mol. The molecule has 0 amide bonds. The number of benzene rings is 3. The van der Waals surface area contributed by atoms with Crippen molar-refractivity contribution in [3.63, 3.8) is 0 Å². The zero-order valence-corrected chi connectivity index (χ0v) is 15.9. The fourth-order valence-corrected chi connectivity index (χ4v) is 3.39. The van der Waals surface area contributed by atoms with Crippen LogP contribution in [0.1, 0.15) is 16.7 Å². The highest BCUT2D eigenvalue weighted by molar-refractivity contribution is 6.31. The quantitative estimate of drug-likeness (QED) is 0.355. The second-order valence-corrected chi connectivity index (χ2v) is 6.95. The maximum atomic E-state index is 6.09. The van der Waals surface area contributed by atoms with Crippen LogP contribution in [0.3, 0.4) is 0 Å². The zero-order valence-electron chi connectivity index (χ0n) is 14.4. The van der Waals surface area contributed by atoms with E-state index in [1.165, 1.54) is 0 Å². The molecule has 27 heavy (non-hydrogen) atoms. The third kappa shape index (κ3) is 3.59. The minimum absolute atomic E-state index is 0.243. The summed E-state index contributed by atoms with van der Waals surface area (Å²) in [6.45, 7) is 4.30. The summed E-state index contributed by atoms with van der Waals surface area (Å²) >= 11 is 12.2. The standard InChI is InChI=1S/C23H16Cl2O2/c1-2-20(17-7-12-21-22(13-17)27-14-26-21)23(15-3-8-18(24)9-4-15)16-5-10-19(25)11-6-16/h2-13H,1,14H2. The molecule has 0 bridgehead atoms. The topological polar surface area (TPSA) is 18.5 Å². The first-order chi connectivity index (χ1) is 13.2. The molecule has 1 aliphatic rings. The van der Waals surface area contributed by atoms with Crippen molar-refractivity contribution < 1.29 is 9.47 Å². The second-order valence-electron chi connectivity index (χ2n) is 6.07. The summed E-state index contributed by atoms with van der Waals surface area (Å²) in [7, 11) is 0. The van der Waals surface area contributed by atoms with Crippen molar-refractivity contribution in [3.05, 3.63) is 106 Å². The van der Waals surface area contributed by atoms with E-state index in [9.17, 15) is 0 Å². The van der Waals surface area contributed by atoms with Crippen molar-refractivity contribution in [2.24, 2.45) is 0 Å². The summed E-state index contributed by atoms with van der Waals surface area (Å²) in [5.41, 5.74) is 5.09. The summed E-state index contributed by atoms with van der Waals surface area (Å²) < 4.78 is 11.0. The van der Waals surface area contributed by atoms with Crippen LogP contribution >= 0.6 is 23.2 Å².